The van der Waals surface area contributed by atoms with E-state index in [1.165, 1.54) is 0 Å². The molecule has 0 aromatic carbocycles. The van der Waals surface area contributed by atoms with Crippen LogP contribution >= 0.6 is 0 Å². The summed E-state index contributed by atoms with van der Waals surface area (Å²) in [4.78, 5) is 10.5. The molecule has 0 N–H and O–H groups in total. The lowest BCUT2D eigenvalue weighted by atomic mass is 9.90. The van der Waals surface area contributed by atoms with E-state index in [4.69, 9.17) is 0 Å². The Bertz CT molecular complexity index is 235. The first-order chi connectivity index (χ1) is 5.52. The Labute approximate surface area is 74.9 Å². The monoisotopic (exact) mass is 164 g/mol. The maximum atomic E-state index is 10.5. The van der Waals surface area contributed by atoms with Gasteiger partial charge in [-0.25, -0.2) is 0 Å². The van der Waals surface area contributed by atoms with E-state index in [0.717, 1.165) is 18.3 Å². The lowest BCUT2D eigenvalue weighted by Gasteiger charge is -2.12. The van der Waals surface area contributed by atoms with Crippen molar-refractivity contribution < 1.29 is 4.79 Å². The minimum absolute atomic E-state index is 0.253. The predicted molar refractivity (Wildman–Crippen MR) is 51.7 cm³/mol. The third kappa shape index (κ3) is 4.73. The summed E-state index contributed by atoms with van der Waals surface area (Å²) in [6.45, 7) is 7.60. The van der Waals surface area contributed by atoms with Gasteiger partial charge in [0.1, 0.15) is 6.29 Å². The van der Waals surface area contributed by atoms with E-state index in [1.54, 1.807) is 0 Å². The molecule has 66 valence electrons. The second kappa shape index (κ2) is 4.77. The summed E-state index contributed by atoms with van der Waals surface area (Å²) in [6, 6.07) is 0. The summed E-state index contributed by atoms with van der Waals surface area (Å²) >= 11 is 0. The third-order valence-electron chi connectivity index (χ3n) is 1.58. The van der Waals surface area contributed by atoms with Gasteiger partial charge in [-0.15, -0.1) is 5.92 Å². The Balaban J connectivity index is 4.18. The van der Waals surface area contributed by atoms with Crippen molar-refractivity contribution in [2.75, 3.05) is 0 Å². The van der Waals surface area contributed by atoms with Crippen molar-refractivity contribution in [3.8, 4) is 11.8 Å². The third-order valence-corrected chi connectivity index (χ3v) is 1.58. The minimum Gasteiger partial charge on any atom is -0.303 e. The SMILES string of the molecule is CC#C/C(C)=C\CC(C)(C)C=O. The normalized spacial score (nSPS) is 11.8. The number of hydrogen-bond donors (Lipinski definition) is 0. The van der Waals surface area contributed by atoms with Crippen molar-refractivity contribution in [2.45, 2.75) is 34.1 Å². The smallest absolute Gasteiger partial charge is 0.125 e. The number of hydrogen-bond acceptors (Lipinski definition) is 1. The molecule has 0 bridgehead atoms. The quantitative estimate of drug-likeness (QED) is 0.463. The lowest BCUT2D eigenvalue weighted by molar-refractivity contribution is -0.114. The fourth-order valence-electron chi connectivity index (χ4n) is 0.712. The molecule has 0 saturated carbocycles. The highest BCUT2D eigenvalue weighted by atomic mass is 16.1. The molecule has 0 amide bonds. The van der Waals surface area contributed by atoms with Crippen LogP contribution in [0.3, 0.4) is 0 Å². The molecule has 0 saturated heterocycles. The zero-order chi connectivity index (χ0) is 9.61. The number of allylic oxidation sites excluding steroid dienone is 2. The molecule has 0 aliphatic carbocycles. The molecule has 0 aliphatic rings. The van der Waals surface area contributed by atoms with E-state index in [-0.39, 0.29) is 5.41 Å². The van der Waals surface area contributed by atoms with Gasteiger partial charge in [-0.05, 0) is 25.8 Å². The molecule has 1 heteroatoms. The van der Waals surface area contributed by atoms with Crippen LogP contribution < -0.4 is 0 Å². The van der Waals surface area contributed by atoms with E-state index in [1.807, 2.05) is 33.8 Å². The van der Waals surface area contributed by atoms with Crippen molar-refractivity contribution >= 4 is 6.29 Å². The molecule has 0 unspecified atom stereocenters. The molecule has 0 atom stereocenters. The van der Waals surface area contributed by atoms with Crippen molar-refractivity contribution in [3.63, 3.8) is 0 Å². The van der Waals surface area contributed by atoms with Crippen LogP contribution in [0, 0.1) is 17.3 Å². The van der Waals surface area contributed by atoms with E-state index in [2.05, 4.69) is 11.8 Å². The largest absolute Gasteiger partial charge is 0.303 e. The zero-order valence-corrected chi connectivity index (χ0v) is 8.27. The number of aldehydes is 1. The molecule has 12 heavy (non-hydrogen) atoms. The summed E-state index contributed by atoms with van der Waals surface area (Å²) < 4.78 is 0. The zero-order valence-electron chi connectivity index (χ0n) is 8.27. The van der Waals surface area contributed by atoms with Crippen LogP contribution in [0.2, 0.25) is 0 Å². The summed E-state index contributed by atoms with van der Waals surface area (Å²) in [7, 11) is 0. The molecule has 0 aromatic heterocycles. The van der Waals surface area contributed by atoms with Crippen molar-refractivity contribution in [1.82, 2.24) is 0 Å². The molecule has 0 aliphatic heterocycles. The molecular weight excluding hydrogens is 148 g/mol. The molecule has 1 nitrogen and oxygen atoms in total. The maximum Gasteiger partial charge on any atom is 0.125 e. The number of carbonyl (C=O) groups is 1. The van der Waals surface area contributed by atoms with Crippen molar-refractivity contribution in [3.05, 3.63) is 11.6 Å². The Morgan fingerprint density at radius 2 is 2.08 bits per heavy atom. The molecule has 0 spiro atoms. The van der Waals surface area contributed by atoms with Gasteiger partial charge < -0.3 is 4.79 Å². The second-order valence-corrected chi connectivity index (χ2v) is 3.57. The van der Waals surface area contributed by atoms with Crippen LogP contribution in [-0.4, -0.2) is 6.29 Å². The highest BCUT2D eigenvalue weighted by Gasteiger charge is 2.13. The Morgan fingerprint density at radius 1 is 1.50 bits per heavy atom. The van der Waals surface area contributed by atoms with Gasteiger partial charge in [0, 0.05) is 5.41 Å². The fourth-order valence-corrected chi connectivity index (χ4v) is 0.712. The summed E-state index contributed by atoms with van der Waals surface area (Å²) in [5.41, 5.74) is 0.781. The first kappa shape index (κ1) is 11.0. The lowest BCUT2D eigenvalue weighted by Crippen LogP contribution is -2.11. The number of rotatable bonds is 3. The van der Waals surface area contributed by atoms with Crippen LogP contribution in [0.5, 0.6) is 0 Å². The molecule has 0 rings (SSSR count). The first-order valence-corrected chi connectivity index (χ1v) is 4.07. The van der Waals surface area contributed by atoms with Gasteiger partial charge in [0.2, 0.25) is 0 Å². The second-order valence-electron chi connectivity index (χ2n) is 3.57. The summed E-state index contributed by atoms with van der Waals surface area (Å²) in [5.74, 6) is 5.75. The predicted octanol–water partition coefficient (Wildman–Crippen LogP) is 2.57. The Hall–Kier alpha value is -1.03. The molecule has 0 radical (unpaired) electrons. The van der Waals surface area contributed by atoms with Gasteiger partial charge in [-0.2, -0.15) is 0 Å². The average Bonchev–Trinajstić information content (AvgIpc) is 2.02. The first-order valence-electron chi connectivity index (χ1n) is 4.07. The molecule has 0 heterocycles. The van der Waals surface area contributed by atoms with Crippen LogP contribution in [0.15, 0.2) is 11.6 Å². The standard InChI is InChI=1S/C11H16O/c1-5-6-10(2)7-8-11(3,4)9-12/h7,9H,8H2,1-4H3/b10-7-. The van der Waals surface area contributed by atoms with Gasteiger partial charge >= 0.3 is 0 Å². The van der Waals surface area contributed by atoms with E-state index in [0.29, 0.717) is 0 Å². The molecule has 0 fully saturated rings. The van der Waals surface area contributed by atoms with Crippen molar-refractivity contribution in [2.24, 2.45) is 5.41 Å². The molecular formula is C11H16O. The van der Waals surface area contributed by atoms with E-state index >= 15 is 0 Å². The van der Waals surface area contributed by atoms with Gasteiger partial charge in [-0.1, -0.05) is 25.8 Å². The van der Waals surface area contributed by atoms with Crippen LogP contribution in [0.1, 0.15) is 34.1 Å². The van der Waals surface area contributed by atoms with Gasteiger partial charge in [0.15, 0.2) is 0 Å². The van der Waals surface area contributed by atoms with Crippen LogP contribution in [-0.2, 0) is 4.79 Å². The van der Waals surface area contributed by atoms with Gasteiger partial charge in [0.25, 0.3) is 0 Å². The number of carbonyl (C=O) groups excluding carboxylic acids is 1. The van der Waals surface area contributed by atoms with E-state index < -0.39 is 0 Å². The fraction of sp³-hybridized carbons (Fsp3) is 0.545. The highest BCUT2D eigenvalue weighted by molar-refractivity contribution is 5.58. The van der Waals surface area contributed by atoms with Gasteiger partial charge in [0.05, 0.1) is 0 Å². The Kier molecular flexibility index (Phi) is 4.36. The minimum atomic E-state index is -0.253. The van der Waals surface area contributed by atoms with E-state index in [9.17, 15) is 4.79 Å². The topological polar surface area (TPSA) is 17.1 Å². The van der Waals surface area contributed by atoms with Crippen LogP contribution in [0.25, 0.3) is 0 Å². The Morgan fingerprint density at radius 3 is 2.50 bits per heavy atom. The summed E-state index contributed by atoms with van der Waals surface area (Å²) in [6.07, 6.45) is 3.75. The van der Waals surface area contributed by atoms with Crippen molar-refractivity contribution in [1.29, 1.82) is 0 Å². The highest BCUT2D eigenvalue weighted by Crippen LogP contribution is 2.17. The average molecular weight is 164 g/mol. The molecule has 0 aromatic rings. The summed E-state index contributed by atoms with van der Waals surface area (Å²) in [5, 5.41) is 0. The maximum absolute atomic E-state index is 10.5. The van der Waals surface area contributed by atoms with Crippen LogP contribution in [0.4, 0.5) is 0 Å². The van der Waals surface area contributed by atoms with Gasteiger partial charge in [-0.3, -0.25) is 0 Å².